The van der Waals surface area contributed by atoms with E-state index in [9.17, 15) is 17.6 Å². The monoisotopic (exact) mass is 388 g/mol. The molecule has 0 N–H and O–H groups in total. The summed E-state index contributed by atoms with van der Waals surface area (Å²) in [7, 11) is 0. The van der Waals surface area contributed by atoms with Crippen LogP contribution in [0.15, 0.2) is 61.2 Å². The highest BCUT2D eigenvalue weighted by atomic mass is 19.4. The zero-order chi connectivity index (χ0) is 19.7. The molecule has 0 amide bonds. The topological polar surface area (TPSA) is 52.3 Å². The minimum atomic E-state index is -4.48. The maximum absolute atomic E-state index is 13.2. The maximum Gasteiger partial charge on any atom is 0.433 e. The molecular formula is C19H12F4N4O. The number of benzene rings is 1. The van der Waals surface area contributed by atoms with Gasteiger partial charge in [0.05, 0.1) is 5.69 Å². The molecule has 0 radical (unpaired) electrons. The molecule has 142 valence electrons. The molecule has 28 heavy (non-hydrogen) atoms. The number of rotatable bonds is 4. The second-order valence-electron chi connectivity index (χ2n) is 5.96. The predicted octanol–water partition coefficient (Wildman–Crippen LogP) is 4.53. The summed E-state index contributed by atoms with van der Waals surface area (Å²) in [5.41, 5.74) is 0.696. The molecule has 4 rings (SSSR count). The molecule has 3 aromatic heterocycles. The minimum absolute atomic E-state index is 0.115. The van der Waals surface area contributed by atoms with Gasteiger partial charge < -0.3 is 4.74 Å². The lowest BCUT2D eigenvalue weighted by molar-refractivity contribution is -0.141. The molecular weight excluding hydrogens is 376 g/mol. The van der Waals surface area contributed by atoms with E-state index in [2.05, 4.69) is 15.0 Å². The van der Waals surface area contributed by atoms with E-state index in [1.54, 1.807) is 28.9 Å². The number of nitrogens with zero attached hydrogens (tertiary/aromatic N) is 4. The minimum Gasteiger partial charge on any atom is -0.487 e. The van der Waals surface area contributed by atoms with Crippen molar-refractivity contribution in [3.8, 4) is 16.9 Å². The molecule has 4 aromatic rings. The fraction of sp³-hybridized carbons (Fsp3) is 0.105. The van der Waals surface area contributed by atoms with Gasteiger partial charge in [-0.25, -0.2) is 14.4 Å². The zero-order valence-electron chi connectivity index (χ0n) is 14.2. The fourth-order valence-electron chi connectivity index (χ4n) is 2.60. The molecule has 0 atom stereocenters. The van der Waals surface area contributed by atoms with E-state index in [4.69, 9.17) is 4.74 Å². The number of ether oxygens (including phenoxy) is 1. The Bertz CT molecular complexity index is 1120. The summed E-state index contributed by atoms with van der Waals surface area (Å²) in [6.45, 7) is 0.115. The van der Waals surface area contributed by atoms with E-state index < -0.39 is 17.7 Å². The lowest BCUT2D eigenvalue weighted by atomic mass is 10.1. The van der Waals surface area contributed by atoms with Gasteiger partial charge >= 0.3 is 6.18 Å². The molecule has 0 fully saturated rings. The fourth-order valence-corrected chi connectivity index (χ4v) is 2.60. The number of hydrogen-bond acceptors (Lipinski definition) is 4. The first-order chi connectivity index (χ1) is 13.4. The third-order valence-electron chi connectivity index (χ3n) is 3.93. The first-order valence-electron chi connectivity index (χ1n) is 8.14. The quantitative estimate of drug-likeness (QED) is 0.482. The largest absolute Gasteiger partial charge is 0.487 e. The number of pyridine rings is 1. The molecule has 0 unspecified atom stereocenters. The average Bonchev–Trinajstić information content (AvgIpc) is 3.08. The Morgan fingerprint density at radius 1 is 0.964 bits per heavy atom. The Labute approximate surface area is 156 Å². The molecule has 9 heteroatoms. The van der Waals surface area contributed by atoms with Gasteiger partial charge in [0.2, 0.25) is 5.78 Å². The highest BCUT2D eigenvalue weighted by molar-refractivity contribution is 5.61. The van der Waals surface area contributed by atoms with Crippen molar-refractivity contribution >= 4 is 5.78 Å². The molecule has 0 aliphatic carbocycles. The maximum atomic E-state index is 13.2. The average molecular weight is 388 g/mol. The molecule has 0 spiro atoms. The van der Waals surface area contributed by atoms with Crippen molar-refractivity contribution in [1.29, 1.82) is 0 Å². The van der Waals surface area contributed by atoms with Crippen molar-refractivity contribution in [3.63, 3.8) is 0 Å². The Hall–Kier alpha value is -3.49. The van der Waals surface area contributed by atoms with Crippen LogP contribution >= 0.6 is 0 Å². The number of hydrogen-bond donors (Lipinski definition) is 0. The first kappa shape index (κ1) is 17.9. The van der Waals surface area contributed by atoms with Crippen LogP contribution in [0.2, 0.25) is 0 Å². The van der Waals surface area contributed by atoms with Gasteiger partial charge in [-0.05, 0) is 18.2 Å². The molecule has 0 aliphatic heterocycles. The van der Waals surface area contributed by atoms with Gasteiger partial charge in [-0.1, -0.05) is 12.1 Å². The predicted molar refractivity (Wildman–Crippen MR) is 92.0 cm³/mol. The lowest BCUT2D eigenvalue weighted by Crippen LogP contribution is -2.07. The highest BCUT2D eigenvalue weighted by Gasteiger charge is 2.32. The molecule has 5 nitrogen and oxygen atoms in total. The van der Waals surface area contributed by atoms with Crippen LogP contribution in [0.1, 0.15) is 11.4 Å². The van der Waals surface area contributed by atoms with Crippen molar-refractivity contribution in [3.05, 3.63) is 78.4 Å². The van der Waals surface area contributed by atoms with Gasteiger partial charge in [-0.2, -0.15) is 13.2 Å². The third kappa shape index (κ3) is 3.78. The number of halogens is 4. The van der Waals surface area contributed by atoms with E-state index in [-0.39, 0.29) is 6.61 Å². The molecule has 3 heterocycles. The summed E-state index contributed by atoms with van der Waals surface area (Å²) in [5, 5.41) is 0. The highest BCUT2D eigenvalue weighted by Crippen LogP contribution is 2.28. The SMILES string of the molecule is Fc1cccc(OCc2cn3cc(-c4ccc(C(F)(F)F)nc4)cnc3n2)c1. The number of aromatic nitrogens is 4. The normalized spacial score (nSPS) is 11.7. The Morgan fingerprint density at radius 3 is 2.50 bits per heavy atom. The molecule has 0 bridgehead atoms. The van der Waals surface area contributed by atoms with E-state index in [1.807, 2.05) is 0 Å². The molecule has 0 saturated carbocycles. The third-order valence-corrected chi connectivity index (χ3v) is 3.93. The van der Waals surface area contributed by atoms with Gasteiger partial charge in [0.1, 0.15) is 23.9 Å². The Balaban J connectivity index is 1.54. The summed E-state index contributed by atoms with van der Waals surface area (Å²) >= 11 is 0. The van der Waals surface area contributed by atoms with Gasteiger partial charge in [-0.15, -0.1) is 0 Å². The van der Waals surface area contributed by atoms with Gasteiger partial charge in [0, 0.05) is 42.0 Å². The van der Waals surface area contributed by atoms with E-state index in [0.717, 1.165) is 12.3 Å². The molecule has 1 aromatic carbocycles. The van der Waals surface area contributed by atoms with Crippen molar-refractivity contribution < 1.29 is 22.3 Å². The van der Waals surface area contributed by atoms with Crippen LogP contribution in [0.4, 0.5) is 17.6 Å². The smallest absolute Gasteiger partial charge is 0.433 e. The van der Waals surface area contributed by atoms with Crippen molar-refractivity contribution in [1.82, 2.24) is 19.4 Å². The van der Waals surface area contributed by atoms with Crippen molar-refractivity contribution in [2.75, 3.05) is 0 Å². The number of fused-ring (bicyclic) bond motifs is 1. The first-order valence-corrected chi connectivity index (χ1v) is 8.14. The Kier molecular flexibility index (Phi) is 4.42. The van der Waals surface area contributed by atoms with Crippen LogP contribution in [-0.4, -0.2) is 19.4 Å². The summed E-state index contributed by atoms with van der Waals surface area (Å²) < 4.78 is 58.2. The summed E-state index contributed by atoms with van der Waals surface area (Å²) in [6.07, 6.45) is 1.54. The van der Waals surface area contributed by atoms with Crippen molar-refractivity contribution in [2.45, 2.75) is 12.8 Å². The van der Waals surface area contributed by atoms with Gasteiger partial charge in [0.25, 0.3) is 0 Å². The summed E-state index contributed by atoms with van der Waals surface area (Å²) in [6, 6.07) is 8.02. The van der Waals surface area contributed by atoms with E-state index >= 15 is 0 Å². The summed E-state index contributed by atoms with van der Waals surface area (Å²) in [5.74, 6) is 0.381. The van der Waals surface area contributed by atoms with Crippen LogP contribution in [0, 0.1) is 5.82 Å². The van der Waals surface area contributed by atoms with Crippen LogP contribution in [0.5, 0.6) is 5.75 Å². The van der Waals surface area contributed by atoms with Gasteiger partial charge in [0.15, 0.2) is 0 Å². The van der Waals surface area contributed by atoms with Crippen molar-refractivity contribution in [2.24, 2.45) is 0 Å². The lowest BCUT2D eigenvalue weighted by Gasteiger charge is -2.06. The molecule has 0 saturated heterocycles. The van der Waals surface area contributed by atoms with Gasteiger partial charge in [-0.3, -0.25) is 9.38 Å². The number of alkyl halides is 3. The standard InChI is InChI=1S/C19H12F4N4O/c20-14-2-1-3-16(6-14)28-11-15-10-27-9-13(8-25-18(27)26-15)12-4-5-17(24-7-12)19(21,22)23/h1-10H,11H2. The van der Waals surface area contributed by atoms with Crippen LogP contribution in [-0.2, 0) is 12.8 Å². The van der Waals surface area contributed by atoms with Crippen LogP contribution < -0.4 is 4.74 Å². The van der Waals surface area contributed by atoms with Crippen LogP contribution in [0.3, 0.4) is 0 Å². The molecule has 0 aliphatic rings. The van der Waals surface area contributed by atoms with E-state index in [1.165, 1.54) is 24.4 Å². The van der Waals surface area contributed by atoms with Crippen LogP contribution in [0.25, 0.3) is 16.9 Å². The second kappa shape index (κ2) is 6.91. The Morgan fingerprint density at radius 2 is 1.79 bits per heavy atom. The zero-order valence-corrected chi connectivity index (χ0v) is 14.2. The second-order valence-corrected chi connectivity index (χ2v) is 5.96. The van der Waals surface area contributed by atoms with E-state index in [0.29, 0.717) is 28.3 Å². The summed E-state index contributed by atoms with van der Waals surface area (Å²) in [4.78, 5) is 12.0. The number of imidazole rings is 1.